The molecule has 0 spiro atoms. The number of aryl methyl sites for hydroxylation is 1. The Morgan fingerprint density at radius 1 is 0.968 bits per heavy atom. The van der Waals surface area contributed by atoms with E-state index in [9.17, 15) is 0 Å². The van der Waals surface area contributed by atoms with Gasteiger partial charge in [0.05, 0.1) is 0 Å². The first-order valence-corrected chi connectivity index (χ1v) is 11.7. The lowest BCUT2D eigenvalue weighted by Crippen LogP contribution is -2.25. The third kappa shape index (κ3) is 5.72. The maximum absolute atomic E-state index is 5.44. The van der Waals surface area contributed by atoms with E-state index in [2.05, 4.69) is 79.5 Å². The first-order valence-electron chi connectivity index (χ1n) is 11.7. The molecule has 3 heteroatoms. The highest BCUT2D eigenvalue weighted by atomic mass is 16.5. The molecule has 0 N–H and O–H groups in total. The van der Waals surface area contributed by atoms with Crippen LogP contribution in [0.2, 0.25) is 0 Å². The minimum absolute atomic E-state index is 0.600. The average Bonchev–Trinajstić information content (AvgIpc) is 3.28. The Bertz CT molecular complexity index is 966. The Balaban J connectivity index is 1.27. The molecule has 1 heterocycles. The van der Waals surface area contributed by atoms with Crippen LogP contribution in [0.25, 0.3) is 17.5 Å². The van der Waals surface area contributed by atoms with Crippen molar-refractivity contribution in [3.8, 4) is 11.4 Å². The van der Waals surface area contributed by atoms with Gasteiger partial charge in [-0.25, -0.2) is 0 Å². The summed E-state index contributed by atoms with van der Waals surface area (Å²) in [7, 11) is 0. The summed E-state index contributed by atoms with van der Waals surface area (Å²) in [5.74, 6) is 4.19. The predicted octanol–water partition coefficient (Wildman–Crippen LogP) is 7.38. The Kier molecular flexibility index (Phi) is 7.01. The molecule has 4 rings (SSSR count). The van der Waals surface area contributed by atoms with Crippen LogP contribution >= 0.6 is 0 Å². The summed E-state index contributed by atoms with van der Waals surface area (Å²) in [6.45, 7) is 6.96. The van der Waals surface area contributed by atoms with Crippen molar-refractivity contribution in [1.82, 2.24) is 10.1 Å². The molecule has 3 nitrogen and oxygen atoms in total. The van der Waals surface area contributed by atoms with Crippen molar-refractivity contribution in [3.63, 3.8) is 0 Å². The van der Waals surface area contributed by atoms with Gasteiger partial charge in [-0.2, -0.15) is 4.98 Å². The Morgan fingerprint density at radius 3 is 2.39 bits per heavy atom. The summed E-state index contributed by atoms with van der Waals surface area (Å²) in [6.07, 6.45) is 10.6. The molecular formula is C28H34N2O. The molecule has 0 radical (unpaired) electrons. The van der Waals surface area contributed by atoms with E-state index in [0.717, 1.165) is 23.3 Å². The molecule has 31 heavy (non-hydrogen) atoms. The highest BCUT2D eigenvalue weighted by molar-refractivity contribution is 5.56. The molecule has 162 valence electrons. The standard InChI is InChI=1S/C28H34N2O/c1-20-9-14-26(15-10-20)28-29-27(31-30-28)18-13-23-11-16-25(17-12-23)22(3)21(2)19-24-7-5-4-6-8-24/h4-10,13-15,18,21-23,25H,11-12,16-17,19H2,1-3H3. The van der Waals surface area contributed by atoms with Gasteiger partial charge in [0.25, 0.3) is 5.89 Å². The maximum Gasteiger partial charge on any atom is 0.250 e. The van der Waals surface area contributed by atoms with E-state index in [0.29, 0.717) is 17.6 Å². The molecule has 0 amide bonds. The first-order chi connectivity index (χ1) is 15.1. The van der Waals surface area contributed by atoms with Crippen LogP contribution in [0.1, 0.15) is 56.5 Å². The van der Waals surface area contributed by atoms with Crippen LogP contribution in [0, 0.1) is 30.6 Å². The van der Waals surface area contributed by atoms with Gasteiger partial charge in [0.1, 0.15) is 0 Å². The molecule has 1 saturated carbocycles. The Hall–Kier alpha value is -2.68. The fourth-order valence-electron chi connectivity index (χ4n) is 4.84. The molecule has 1 aliphatic rings. The van der Waals surface area contributed by atoms with Gasteiger partial charge in [0.2, 0.25) is 5.82 Å². The van der Waals surface area contributed by atoms with E-state index in [1.54, 1.807) is 0 Å². The largest absolute Gasteiger partial charge is 0.334 e. The normalized spacial score (nSPS) is 21.3. The van der Waals surface area contributed by atoms with Gasteiger partial charge >= 0.3 is 0 Å². The monoisotopic (exact) mass is 414 g/mol. The molecule has 2 atom stereocenters. The number of nitrogens with zero attached hydrogens (tertiary/aromatic N) is 2. The number of rotatable bonds is 7. The van der Waals surface area contributed by atoms with E-state index < -0.39 is 0 Å². The maximum atomic E-state index is 5.44. The van der Waals surface area contributed by atoms with Gasteiger partial charge < -0.3 is 4.52 Å². The second-order valence-corrected chi connectivity index (χ2v) is 9.38. The summed E-state index contributed by atoms with van der Waals surface area (Å²) in [5.41, 5.74) is 3.68. The van der Waals surface area contributed by atoms with Crippen molar-refractivity contribution in [2.75, 3.05) is 0 Å². The van der Waals surface area contributed by atoms with Gasteiger partial charge in [-0.15, -0.1) is 0 Å². The number of benzene rings is 2. The zero-order chi connectivity index (χ0) is 21.6. The van der Waals surface area contributed by atoms with Crippen LogP contribution in [-0.4, -0.2) is 10.1 Å². The molecule has 1 aromatic heterocycles. The Morgan fingerprint density at radius 2 is 1.68 bits per heavy atom. The smallest absolute Gasteiger partial charge is 0.250 e. The number of allylic oxidation sites excluding steroid dienone is 1. The zero-order valence-electron chi connectivity index (χ0n) is 19.0. The SMILES string of the molecule is Cc1ccc(-c2noc(C=CC3CCC(C(C)C(C)Cc4ccccc4)CC3)n2)cc1. The van der Waals surface area contributed by atoms with Crippen molar-refractivity contribution in [2.45, 2.75) is 52.9 Å². The molecule has 1 fully saturated rings. The first kappa shape index (κ1) is 21.5. The van der Waals surface area contributed by atoms with Gasteiger partial charge in [0, 0.05) is 5.56 Å². The highest BCUT2D eigenvalue weighted by Crippen LogP contribution is 2.38. The minimum Gasteiger partial charge on any atom is -0.334 e. The molecule has 2 aromatic carbocycles. The van der Waals surface area contributed by atoms with E-state index in [1.165, 1.54) is 43.2 Å². The zero-order valence-corrected chi connectivity index (χ0v) is 19.0. The van der Waals surface area contributed by atoms with Gasteiger partial charge in [-0.05, 0) is 74.3 Å². The van der Waals surface area contributed by atoms with Gasteiger partial charge in [-0.1, -0.05) is 85.2 Å². The van der Waals surface area contributed by atoms with Crippen LogP contribution in [0.5, 0.6) is 0 Å². The number of hydrogen-bond acceptors (Lipinski definition) is 3. The van der Waals surface area contributed by atoms with Crippen LogP contribution in [0.4, 0.5) is 0 Å². The summed E-state index contributed by atoms with van der Waals surface area (Å²) < 4.78 is 5.44. The Labute approximate surface area is 186 Å². The molecule has 3 aromatic rings. The molecule has 2 unspecified atom stereocenters. The molecule has 1 aliphatic carbocycles. The summed E-state index contributed by atoms with van der Waals surface area (Å²) in [4.78, 5) is 4.54. The fourth-order valence-corrected chi connectivity index (χ4v) is 4.84. The number of aromatic nitrogens is 2. The quantitative estimate of drug-likeness (QED) is 0.405. The van der Waals surface area contributed by atoms with Gasteiger partial charge in [0.15, 0.2) is 0 Å². The second kappa shape index (κ2) is 10.1. The fraction of sp³-hybridized carbons (Fsp3) is 0.429. The summed E-state index contributed by atoms with van der Waals surface area (Å²) in [5, 5.41) is 4.13. The van der Waals surface area contributed by atoms with E-state index in [1.807, 2.05) is 18.2 Å². The van der Waals surface area contributed by atoms with Crippen LogP contribution < -0.4 is 0 Å². The van der Waals surface area contributed by atoms with Crippen molar-refractivity contribution in [1.29, 1.82) is 0 Å². The average molecular weight is 415 g/mol. The lowest BCUT2D eigenvalue weighted by atomic mass is 9.71. The van der Waals surface area contributed by atoms with Crippen molar-refractivity contribution < 1.29 is 4.52 Å². The van der Waals surface area contributed by atoms with Crippen LogP contribution in [-0.2, 0) is 6.42 Å². The lowest BCUT2D eigenvalue weighted by Gasteiger charge is -2.34. The van der Waals surface area contributed by atoms with Crippen molar-refractivity contribution >= 4 is 6.08 Å². The van der Waals surface area contributed by atoms with Gasteiger partial charge in [-0.3, -0.25) is 0 Å². The van der Waals surface area contributed by atoms with E-state index >= 15 is 0 Å². The number of hydrogen-bond donors (Lipinski definition) is 0. The molecule has 0 saturated heterocycles. The molecular weight excluding hydrogens is 380 g/mol. The van der Waals surface area contributed by atoms with E-state index in [-0.39, 0.29) is 0 Å². The minimum atomic E-state index is 0.600. The van der Waals surface area contributed by atoms with Crippen molar-refractivity contribution in [2.24, 2.45) is 23.7 Å². The van der Waals surface area contributed by atoms with E-state index in [4.69, 9.17) is 4.52 Å². The lowest BCUT2D eigenvalue weighted by molar-refractivity contribution is 0.186. The van der Waals surface area contributed by atoms with Crippen LogP contribution in [0.3, 0.4) is 0 Å². The third-order valence-electron chi connectivity index (χ3n) is 7.12. The topological polar surface area (TPSA) is 38.9 Å². The highest BCUT2D eigenvalue weighted by Gasteiger charge is 2.27. The predicted molar refractivity (Wildman–Crippen MR) is 127 cm³/mol. The summed E-state index contributed by atoms with van der Waals surface area (Å²) >= 11 is 0. The van der Waals surface area contributed by atoms with Crippen molar-refractivity contribution in [3.05, 3.63) is 77.7 Å². The summed E-state index contributed by atoms with van der Waals surface area (Å²) in [6, 6.07) is 19.1. The third-order valence-corrected chi connectivity index (χ3v) is 7.12. The molecule has 0 aliphatic heterocycles. The second-order valence-electron chi connectivity index (χ2n) is 9.38. The van der Waals surface area contributed by atoms with Crippen LogP contribution in [0.15, 0.2) is 65.2 Å². The molecule has 0 bridgehead atoms.